The SMILES string of the molecule is BC(=O)c1ccc(-c2cc(NC(=O)C3(c4ccc5c(c4)OC(F)(F)O5)CC3)ccc2C)c(C)c1. The molecule has 5 rings (SSSR count). The number of fused-ring (bicyclic) bond motifs is 1. The van der Waals surface area contributed by atoms with Crippen LogP contribution >= 0.6 is 0 Å². The van der Waals surface area contributed by atoms with Crippen molar-refractivity contribution in [2.24, 2.45) is 0 Å². The lowest BCUT2D eigenvalue weighted by atomic mass is 9.89. The lowest BCUT2D eigenvalue weighted by molar-refractivity contribution is -0.286. The number of amides is 1. The molecular weight excluding hydrogens is 439 g/mol. The van der Waals surface area contributed by atoms with E-state index in [9.17, 15) is 18.4 Å². The third-order valence-electron chi connectivity index (χ3n) is 6.56. The summed E-state index contributed by atoms with van der Waals surface area (Å²) in [4.78, 5) is 25.0. The lowest BCUT2D eigenvalue weighted by Crippen LogP contribution is -2.28. The van der Waals surface area contributed by atoms with Crippen LogP contribution in [0.2, 0.25) is 0 Å². The topological polar surface area (TPSA) is 64.6 Å². The van der Waals surface area contributed by atoms with Crippen LogP contribution in [0.4, 0.5) is 14.5 Å². The summed E-state index contributed by atoms with van der Waals surface area (Å²) in [7, 11) is 1.54. The maximum absolute atomic E-state index is 13.4. The van der Waals surface area contributed by atoms with Crippen molar-refractivity contribution >= 4 is 25.1 Å². The van der Waals surface area contributed by atoms with Crippen LogP contribution in [0.25, 0.3) is 11.1 Å². The molecule has 34 heavy (non-hydrogen) atoms. The third-order valence-corrected chi connectivity index (χ3v) is 6.56. The van der Waals surface area contributed by atoms with Crippen molar-refractivity contribution < 1.29 is 27.8 Å². The van der Waals surface area contributed by atoms with E-state index in [4.69, 9.17) is 0 Å². The molecule has 0 saturated heterocycles. The summed E-state index contributed by atoms with van der Waals surface area (Å²) < 4.78 is 35.8. The molecule has 172 valence electrons. The third kappa shape index (κ3) is 3.83. The van der Waals surface area contributed by atoms with Gasteiger partial charge >= 0.3 is 6.29 Å². The Morgan fingerprint density at radius 3 is 2.29 bits per heavy atom. The zero-order valence-electron chi connectivity index (χ0n) is 19.0. The molecule has 1 aliphatic heterocycles. The number of carbonyl (C=O) groups excluding carboxylic acids is 2. The lowest BCUT2D eigenvalue weighted by Gasteiger charge is -2.18. The van der Waals surface area contributed by atoms with Gasteiger partial charge in [-0.1, -0.05) is 24.3 Å². The highest BCUT2D eigenvalue weighted by molar-refractivity contribution is 6.62. The molecule has 0 aromatic heterocycles. The largest absolute Gasteiger partial charge is 0.586 e. The Bertz CT molecular complexity index is 1350. The Hall–Kier alpha value is -3.68. The van der Waals surface area contributed by atoms with Gasteiger partial charge in [0, 0.05) is 11.3 Å². The fourth-order valence-electron chi connectivity index (χ4n) is 4.44. The molecule has 5 nitrogen and oxygen atoms in total. The Morgan fingerprint density at radius 2 is 1.62 bits per heavy atom. The van der Waals surface area contributed by atoms with Crippen LogP contribution in [0.1, 0.15) is 39.9 Å². The average Bonchev–Trinajstić information content (AvgIpc) is 3.52. The van der Waals surface area contributed by atoms with E-state index in [1.807, 2.05) is 44.2 Å². The van der Waals surface area contributed by atoms with Crippen molar-refractivity contribution in [3.05, 3.63) is 76.9 Å². The van der Waals surface area contributed by atoms with Crippen LogP contribution < -0.4 is 14.8 Å². The van der Waals surface area contributed by atoms with E-state index in [1.165, 1.54) is 20.0 Å². The number of carbonyl (C=O) groups is 2. The summed E-state index contributed by atoms with van der Waals surface area (Å²) in [6.07, 6.45) is -2.47. The predicted molar refractivity (Wildman–Crippen MR) is 126 cm³/mol. The number of hydrogen-bond donors (Lipinski definition) is 1. The van der Waals surface area contributed by atoms with Gasteiger partial charge in [0.1, 0.15) is 5.68 Å². The number of ether oxygens (including phenoxy) is 2. The fourth-order valence-corrected chi connectivity index (χ4v) is 4.44. The molecule has 0 bridgehead atoms. The van der Waals surface area contributed by atoms with E-state index in [1.54, 1.807) is 12.1 Å². The van der Waals surface area contributed by atoms with Crippen molar-refractivity contribution in [2.45, 2.75) is 38.4 Å². The second-order valence-corrected chi connectivity index (χ2v) is 8.98. The minimum absolute atomic E-state index is 0.00866. The summed E-state index contributed by atoms with van der Waals surface area (Å²) in [6, 6.07) is 15.8. The molecule has 0 atom stereocenters. The first-order valence-electron chi connectivity index (χ1n) is 11.0. The molecular formula is C26H22BF2NO4. The van der Waals surface area contributed by atoms with Gasteiger partial charge in [-0.2, -0.15) is 0 Å². The zero-order valence-corrected chi connectivity index (χ0v) is 19.0. The van der Waals surface area contributed by atoms with Gasteiger partial charge in [-0.25, -0.2) is 0 Å². The van der Waals surface area contributed by atoms with Crippen LogP contribution in [0.5, 0.6) is 11.5 Å². The first kappa shape index (κ1) is 22.1. The van der Waals surface area contributed by atoms with Crippen molar-refractivity contribution in [1.82, 2.24) is 0 Å². The molecule has 1 N–H and O–H groups in total. The van der Waals surface area contributed by atoms with Gasteiger partial charge in [0.05, 0.1) is 5.41 Å². The quantitative estimate of drug-likeness (QED) is 0.558. The van der Waals surface area contributed by atoms with Crippen LogP contribution in [0.3, 0.4) is 0 Å². The van der Waals surface area contributed by atoms with Crippen molar-refractivity contribution in [3.63, 3.8) is 0 Å². The number of benzene rings is 3. The maximum Gasteiger partial charge on any atom is 0.586 e. The molecule has 8 heteroatoms. The number of nitrogens with one attached hydrogen (secondary N) is 1. The van der Waals surface area contributed by atoms with Gasteiger partial charge in [-0.05, 0) is 84.8 Å². The van der Waals surface area contributed by atoms with Gasteiger partial charge in [0.15, 0.2) is 19.3 Å². The summed E-state index contributed by atoms with van der Waals surface area (Å²) >= 11 is 0. The Kier molecular flexibility index (Phi) is 5.00. The second-order valence-electron chi connectivity index (χ2n) is 8.98. The molecule has 0 unspecified atom stereocenters. The van der Waals surface area contributed by atoms with E-state index in [0.717, 1.165) is 22.3 Å². The molecule has 1 heterocycles. The summed E-state index contributed by atoms with van der Waals surface area (Å²) in [5.41, 5.74) is 5.07. The number of aryl methyl sites for hydroxylation is 2. The normalized spacial score (nSPS) is 16.7. The maximum atomic E-state index is 13.4. The molecule has 3 aromatic carbocycles. The van der Waals surface area contributed by atoms with E-state index in [0.29, 0.717) is 29.7 Å². The molecule has 1 saturated carbocycles. The minimum atomic E-state index is -3.70. The van der Waals surface area contributed by atoms with E-state index in [-0.39, 0.29) is 23.1 Å². The average molecular weight is 461 g/mol. The smallest absolute Gasteiger partial charge is 0.395 e. The van der Waals surface area contributed by atoms with Crippen LogP contribution in [-0.4, -0.2) is 25.7 Å². The molecule has 0 radical (unpaired) electrons. The molecule has 2 aliphatic rings. The van der Waals surface area contributed by atoms with E-state index < -0.39 is 11.7 Å². The van der Waals surface area contributed by atoms with Crippen LogP contribution in [0.15, 0.2) is 54.6 Å². The summed E-state index contributed by atoms with van der Waals surface area (Å²) in [5.74, 6) is -0.306. The minimum Gasteiger partial charge on any atom is -0.395 e. The number of halogens is 2. The van der Waals surface area contributed by atoms with Crippen LogP contribution in [0, 0.1) is 13.8 Å². The number of alkyl halides is 2. The predicted octanol–water partition coefficient (Wildman–Crippen LogP) is 4.74. The van der Waals surface area contributed by atoms with E-state index in [2.05, 4.69) is 14.8 Å². The number of anilines is 1. The van der Waals surface area contributed by atoms with E-state index >= 15 is 0 Å². The van der Waals surface area contributed by atoms with Crippen molar-refractivity contribution in [1.29, 1.82) is 0 Å². The molecule has 3 aromatic rings. The highest BCUT2D eigenvalue weighted by Crippen LogP contribution is 2.52. The standard InChI is InChI=1S/C26H22BF2NO4/c1-14-3-6-18(13-20(14)19-7-4-16(23(27)31)11-15(19)2)30-24(32)25(9-10-25)17-5-8-21-22(12-17)34-26(28,29)33-21/h3-8,11-13H,9-10,27H2,1-2H3,(H,30,32). The first-order valence-corrected chi connectivity index (χ1v) is 11.0. The zero-order chi connectivity index (χ0) is 24.3. The number of hydrogen-bond acceptors (Lipinski definition) is 4. The van der Waals surface area contributed by atoms with Gasteiger partial charge in [0.25, 0.3) is 0 Å². The Labute approximate surface area is 196 Å². The van der Waals surface area contributed by atoms with Gasteiger partial charge in [-0.15, -0.1) is 8.78 Å². The first-order chi connectivity index (χ1) is 16.1. The van der Waals surface area contributed by atoms with Crippen molar-refractivity contribution in [2.75, 3.05) is 5.32 Å². The summed E-state index contributed by atoms with van der Waals surface area (Å²) in [6.45, 7) is 3.94. The second kappa shape index (κ2) is 7.69. The Balaban J connectivity index is 1.41. The molecule has 0 spiro atoms. The number of rotatable bonds is 5. The highest BCUT2D eigenvalue weighted by atomic mass is 19.3. The Morgan fingerprint density at radius 1 is 0.882 bits per heavy atom. The van der Waals surface area contributed by atoms with Crippen molar-refractivity contribution in [3.8, 4) is 22.6 Å². The highest BCUT2D eigenvalue weighted by Gasteiger charge is 2.52. The fraction of sp³-hybridized carbons (Fsp3) is 0.231. The van der Waals surface area contributed by atoms with Crippen LogP contribution in [-0.2, 0) is 10.2 Å². The van der Waals surface area contributed by atoms with Gasteiger partial charge < -0.3 is 19.6 Å². The molecule has 1 fully saturated rings. The molecule has 1 aliphatic carbocycles. The van der Waals surface area contributed by atoms with Gasteiger partial charge in [-0.3, -0.25) is 4.79 Å². The molecule has 1 amide bonds. The monoisotopic (exact) mass is 461 g/mol. The van der Waals surface area contributed by atoms with Gasteiger partial charge in [0.2, 0.25) is 5.91 Å². The summed E-state index contributed by atoms with van der Waals surface area (Å²) in [5, 5.41) is 3.00.